The molecule has 0 bridgehead atoms. The maximum atomic E-state index is 13.9. The van der Waals surface area contributed by atoms with E-state index >= 15 is 0 Å². The number of ether oxygens (including phenoxy) is 1. The van der Waals surface area contributed by atoms with Gasteiger partial charge in [-0.25, -0.2) is 4.39 Å². The molecule has 0 aromatic heterocycles. The molecule has 2 aliphatic rings. The maximum absolute atomic E-state index is 13.9. The van der Waals surface area contributed by atoms with Crippen molar-refractivity contribution in [2.45, 2.75) is 52.2 Å². The highest BCUT2D eigenvalue weighted by Crippen LogP contribution is 2.39. The summed E-state index contributed by atoms with van der Waals surface area (Å²) >= 11 is 0. The van der Waals surface area contributed by atoms with Gasteiger partial charge >= 0.3 is 0 Å². The number of para-hydroxylation sites is 1. The third-order valence-corrected chi connectivity index (χ3v) is 6.06. The summed E-state index contributed by atoms with van der Waals surface area (Å²) < 4.78 is 20.0. The summed E-state index contributed by atoms with van der Waals surface area (Å²) in [6.45, 7) is 11.5. The van der Waals surface area contributed by atoms with E-state index in [-0.39, 0.29) is 11.9 Å². The van der Waals surface area contributed by atoms with E-state index in [1.807, 2.05) is 12.1 Å². The van der Waals surface area contributed by atoms with E-state index in [4.69, 9.17) is 4.74 Å². The van der Waals surface area contributed by atoms with E-state index in [2.05, 4.69) is 25.7 Å². The van der Waals surface area contributed by atoms with E-state index in [0.717, 1.165) is 39.0 Å². The highest BCUT2D eigenvalue weighted by Gasteiger charge is 2.33. The van der Waals surface area contributed by atoms with Crippen LogP contribution < -0.4 is 9.80 Å². The summed E-state index contributed by atoms with van der Waals surface area (Å²) in [7, 11) is 0. The summed E-state index contributed by atoms with van der Waals surface area (Å²) in [4.78, 5) is 3.48. The minimum atomic E-state index is -0.430. The van der Waals surface area contributed by atoms with Crippen LogP contribution in [0.25, 0.3) is 0 Å². The van der Waals surface area contributed by atoms with Gasteiger partial charge in [-0.3, -0.25) is 0 Å². The Morgan fingerprint density at radius 3 is 2.63 bits per heavy atom. The average molecular weight is 380 g/mol. The number of halogens is 1. The molecule has 1 heterocycles. The van der Waals surface area contributed by atoms with Crippen molar-refractivity contribution in [3.63, 3.8) is 0 Å². The predicted molar refractivity (Wildman–Crippen MR) is 107 cm³/mol. The molecule has 1 saturated heterocycles. The smallest absolute Gasteiger partial charge is 0.146 e. The van der Waals surface area contributed by atoms with Gasteiger partial charge in [0, 0.05) is 0 Å². The number of quaternary nitrogens is 1. The van der Waals surface area contributed by atoms with Crippen molar-refractivity contribution in [1.29, 1.82) is 0 Å². The first-order valence-corrected chi connectivity index (χ1v) is 10.4. The summed E-state index contributed by atoms with van der Waals surface area (Å²) in [6.07, 6.45) is 3.28. The second-order valence-electron chi connectivity index (χ2n) is 9.42. The van der Waals surface area contributed by atoms with E-state index in [9.17, 15) is 9.50 Å². The number of aliphatic hydroxyl groups is 1. The number of hydrogen-bond donors (Lipinski definition) is 2. The molecule has 1 aliphatic heterocycles. The van der Waals surface area contributed by atoms with Gasteiger partial charge in [0.2, 0.25) is 0 Å². The summed E-state index contributed by atoms with van der Waals surface area (Å²) in [5, 5.41) is 10.4. The Kier molecular flexibility index (Phi) is 6.77. The van der Waals surface area contributed by atoms with Gasteiger partial charge in [0.25, 0.3) is 0 Å². The molecule has 0 spiro atoms. The van der Waals surface area contributed by atoms with Crippen molar-refractivity contribution < 1.29 is 19.1 Å². The van der Waals surface area contributed by atoms with Crippen LogP contribution in [0.2, 0.25) is 0 Å². The lowest BCUT2D eigenvalue weighted by atomic mass is 9.71. The number of benzene rings is 1. The molecule has 0 amide bonds. The number of hydrogen-bond acceptors (Lipinski definition) is 3. The topological polar surface area (TPSA) is 37.1 Å². The van der Waals surface area contributed by atoms with Crippen molar-refractivity contribution in [2.24, 2.45) is 11.3 Å². The highest BCUT2D eigenvalue weighted by atomic mass is 19.1. The Bertz CT molecular complexity index is 602. The quantitative estimate of drug-likeness (QED) is 0.795. The van der Waals surface area contributed by atoms with E-state index < -0.39 is 6.10 Å². The van der Waals surface area contributed by atoms with E-state index in [0.29, 0.717) is 30.2 Å². The summed E-state index contributed by atoms with van der Waals surface area (Å²) in [5.74, 6) is 0.534. The van der Waals surface area contributed by atoms with Crippen LogP contribution >= 0.6 is 0 Å². The third-order valence-electron chi connectivity index (χ3n) is 6.06. The van der Waals surface area contributed by atoms with Gasteiger partial charge in [-0.05, 0) is 42.7 Å². The van der Waals surface area contributed by atoms with Crippen LogP contribution in [-0.2, 0) is 4.74 Å². The minimum absolute atomic E-state index is 0.154. The monoisotopic (exact) mass is 379 g/mol. The van der Waals surface area contributed by atoms with Gasteiger partial charge in [-0.15, -0.1) is 0 Å². The molecule has 1 aliphatic carbocycles. The fourth-order valence-corrected chi connectivity index (χ4v) is 5.00. The number of anilines is 1. The van der Waals surface area contributed by atoms with Crippen LogP contribution in [0.3, 0.4) is 0 Å². The molecule has 2 fully saturated rings. The second kappa shape index (κ2) is 8.89. The molecular weight excluding hydrogens is 343 g/mol. The number of piperazine rings is 1. The molecule has 3 atom stereocenters. The highest BCUT2D eigenvalue weighted by molar-refractivity contribution is 5.47. The Morgan fingerprint density at radius 1 is 1.26 bits per heavy atom. The molecule has 4 nitrogen and oxygen atoms in total. The second-order valence-corrected chi connectivity index (χ2v) is 9.42. The normalized spacial score (nSPS) is 27.5. The molecule has 1 aromatic carbocycles. The zero-order valence-electron chi connectivity index (χ0n) is 17.1. The van der Waals surface area contributed by atoms with Gasteiger partial charge in [0.1, 0.15) is 18.5 Å². The molecule has 3 rings (SSSR count). The molecule has 0 radical (unpaired) electrons. The summed E-state index contributed by atoms with van der Waals surface area (Å²) in [6, 6.07) is 6.97. The Hall–Kier alpha value is -1.17. The van der Waals surface area contributed by atoms with Gasteiger partial charge in [0.05, 0.1) is 44.6 Å². The first kappa shape index (κ1) is 20.6. The largest absolute Gasteiger partial charge is 0.385 e. The Labute approximate surface area is 163 Å². The maximum Gasteiger partial charge on any atom is 0.146 e. The number of nitrogens with zero attached hydrogens (tertiary/aromatic N) is 1. The lowest BCUT2D eigenvalue weighted by Gasteiger charge is -2.39. The van der Waals surface area contributed by atoms with Crippen molar-refractivity contribution in [1.82, 2.24) is 0 Å². The SMILES string of the molecule is C[C@H]1C[C@@H](OC[C@H](O)C[NH+]2CCN(c3ccccc3F)CC2)CC(C)(C)C1. The van der Waals surface area contributed by atoms with Crippen LogP contribution in [0.4, 0.5) is 10.1 Å². The van der Waals surface area contributed by atoms with Crippen molar-refractivity contribution in [3.8, 4) is 0 Å². The van der Waals surface area contributed by atoms with Crippen LogP contribution in [0, 0.1) is 17.2 Å². The van der Waals surface area contributed by atoms with Gasteiger partial charge < -0.3 is 19.6 Å². The van der Waals surface area contributed by atoms with E-state index in [1.54, 1.807) is 6.07 Å². The molecular formula is C22H36FN2O2+. The molecule has 27 heavy (non-hydrogen) atoms. The Balaban J connectivity index is 1.39. The van der Waals surface area contributed by atoms with Crippen molar-refractivity contribution >= 4 is 5.69 Å². The first-order chi connectivity index (χ1) is 12.8. The van der Waals surface area contributed by atoms with Crippen molar-refractivity contribution in [2.75, 3.05) is 44.2 Å². The third kappa shape index (κ3) is 5.90. The lowest BCUT2D eigenvalue weighted by molar-refractivity contribution is -0.903. The van der Waals surface area contributed by atoms with E-state index in [1.165, 1.54) is 17.4 Å². The number of rotatable bonds is 6. The molecule has 0 unspecified atom stereocenters. The number of aliphatic hydroxyl groups excluding tert-OH is 1. The number of nitrogens with one attached hydrogen (secondary N) is 1. The predicted octanol–water partition coefficient (Wildman–Crippen LogP) is 2.12. The summed E-state index contributed by atoms with van der Waals surface area (Å²) in [5.41, 5.74) is 1.02. The molecule has 1 aromatic rings. The van der Waals surface area contributed by atoms with Crippen LogP contribution in [-0.4, -0.2) is 56.6 Å². The zero-order chi connectivity index (χ0) is 19.4. The minimum Gasteiger partial charge on any atom is -0.385 e. The van der Waals surface area contributed by atoms with Gasteiger partial charge in [-0.1, -0.05) is 32.9 Å². The van der Waals surface area contributed by atoms with Crippen molar-refractivity contribution in [3.05, 3.63) is 30.1 Å². The fraction of sp³-hybridized carbons (Fsp3) is 0.727. The molecule has 5 heteroatoms. The molecule has 152 valence electrons. The standard InChI is InChI=1S/C22H35FN2O2/c1-17-12-19(14-22(2,3)13-17)27-16-18(26)15-24-8-10-25(11-9-24)21-7-5-4-6-20(21)23/h4-7,17-19,26H,8-16H2,1-3H3/p+1/t17-,18+,19+/m0/s1. The average Bonchev–Trinajstić information content (AvgIpc) is 2.60. The molecule has 2 N–H and O–H groups in total. The van der Waals surface area contributed by atoms with Crippen LogP contribution in [0.15, 0.2) is 24.3 Å². The Morgan fingerprint density at radius 2 is 1.96 bits per heavy atom. The van der Waals surface area contributed by atoms with Crippen LogP contribution in [0.1, 0.15) is 40.0 Å². The lowest BCUT2D eigenvalue weighted by Crippen LogP contribution is -3.16. The zero-order valence-corrected chi connectivity index (χ0v) is 17.1. The molecule has 1 saturated carbocycles. The van der Waals surface area contributed by atoms with Gasteiger partial charge in [0.15, 0.2) is 0 Å². The van der Waals surface area contributed by atoms with Crippen LogP contribution in [0.5, 0.6) is 0 Å². The van der Waals surface area contributed by atoms with Gasteiger partial charge in [-0.2, -0.15) is 0 Å². The fourth-order valence-electron chi connectivity index (χ4n) is 5.00. The first-order valence-electron chi connectivity index (χ1n) is 10.4.